The second kappa shape index (κ2) is 23.8. The number of hydrogen-bond donors (Lipinski definition) is 3. The summed E-state index contributed by atoms with van der Waals surface area (Å²) < 4.78 is 17.9. The summed E-state index contributed by atoms with van der Waals surface area (Å²) in [6, 6.07) is 0.673. The maximum absolute atomic E-state index is 9.29. The van der Waals surface area contributed by atoms with E-state index in [1.165, 1.54) is 89.9 Å². The molecular weight excluding hydrogens is 482 g/mol. The Morgan fingerprint density at radius 1 is 0.703 bits per heavy atom. The molecule has 0 saturated carbocycles. The number of nitrogens with two attached hydrogens (primary N) is 1. The molecule has 224 valence electrons. The minimum Gasteiger partial charge on any atom is -0.394 e. The highest BCUT2D eigenvalue weighted by atomic mass is 28.4. The Labute approximate surface area is 231 Å². The quantitative estimate of drug-likeness (QED) is 0.0706. The maximum Gasteiger partial charge on any atom is 0.501 e. The molecule has 0 amide bonds. The monoisotopic (exact) mass is 547 g/mol. The Kier molecular flexibility index (Phi) is 23.8. The van der Waals surface area contributed by atoms with Gasteiger partial charge in [0.25, 0.3) is 0 Å². The molecule has 2 atom stereocenters. The summed E-state index contributed by atoms with van der Waals surface area (Å²) in [5.41, 5.74) is 6.38. The molecule has 0 rings (SSSR count). The third-order valence-electron chi connectivity index (χ3n) is 7.43. The van der Waals surface area contributed by atoms with E-state index in [9.17, 15) is 10.2 Å². The summed E-state index contributed by atoms with van der Waals surface area (Å²) in [6.07, 6.45) is 21.4. The zero-order chi connectivity index (χ0) is 27.8. The van der Waals surface area contributed by atoms with E-state index >= 15 is 0 Å². The van der Waals surface area contributed by atoms with Crippen molar-refractivity contribution < 1.29 is 23.5 Å². The van der Waals surface area contributed by atoms with Crippen molar-refractivity contribution in [1.82, 2.24) is 0 Å². The normalized spacial score (nSPS) is 14.3. The third kappa shape index (κ3) is 20.5. The smallest absolute Gasteiger partial charge is 0.394 e. The summed E-state index contributed by atoms with van der Waals surface area (Å²) in [5.74, 6) is 0.735. The summed E-state index contributed by atoms with van der Waals surface area (Å²) in [7, 11) is -2.96. The first-order chi connectivity index (χ1) is 17.7. The lowest BCUT2D eigenvalue weighted by atomic mass is 9.79. The lowest BCUT2D eigenvalue weighted by molar-refractivity contribution is 0.0355. The highest BCUT2D eigenvalue weighted by Gasteiger charge is 2.43. The molecular formula is C30H65NO5Si. The molecule has 4 N–H and O–H groups in total. The standard InChI is InChI=1S/C30H65NO5Si/c1-6-8-9-10-11-12-13-14-15-16-17-18-19-20-21-29(30(4,5)31)26-28(3)27-37(34-7-2,35-24-22-32)36-25-23-33/h28-29,32-33H,6-27,31H2,1-5H3. The van der Waals surface area contributed by atoms with Crippen LogP contribution in [0, 0.1) is 11.8 Å². The minimum absolute atomic E-state index is 0.0731. The van der Waals surface area contributed by atoms with Crippen molar-refractivity contribution in [2.45, 2.75) is 149 Å². The Balaban J connectivity index is 4.34. The van der Waals surface area contributed by atoms with Crippen LogP contribution in [0.25, 0.3) is 0 Å². The minimum atomic E-state index is -2.96. The SMILES string of the molecule is CCCCCCCCCCCCCCCCC(CC(C)C[Si](OCC)(OCCO)OCCO)C(C)(C)N. The van der Waals surface area contributed by atoms with Gasteiger partial charge in [-0.05, 0) is 45.4 Å². The van der Waals surface area contributed by atoms with Crippen LogP contribution < -0.4 is 5.73 Å². The van der Waals surface area contributed by atoms with Crippen LogP contribution >= 0.6 is 0 Å². The highest BCUT2D eigenvalue weighted by Crippen LogP contribution is 2.32. The Hall–Kier alpha value is -0.0231. The van der Waals surface area contributed by atoms with Gasteiger partial charge in [-0.2, -0.15) is 0 Å². The van der Waals surface area contributed by atoms with Crippen LogP contribution in [0.4, 0.5) is 0 Å². The van der Waals surface area contributed by atoms with Crippen LogP contribution in [0.2, 0.25) is 6.04 Å². The predicted octanol–water partition coefficient (Wildman–Crippen LogP) is 7.23. The van der Waals surface area contributed by atoms with Gasteiger partial charge in [0.1, 0.15) is 0 Å². The van der Waals surface area contributed by atoms with E-state index in [4.69, 9.17) is 19.0 Å². The molecule has 0 spiro atoms. The van der Waals surface area contributed by atoms with Crippen LogP contribution in [-0.2, 0) is 13.3 Å². The van der Waals surface area contributed by atoms with Gasteiger partial charge in [-0.25, -0.2) is 0 Å². The van der Waals surface area contributed by atoms with Crippen molar-refractivity contribution >= 4 is 8.80 Å². The first-order valence-corrected chi connectivity index (χ1v) is 17.6. The summed E-state index contributed by atoms with van der Waals surface area (Å²) in [4.78, 5) is 0. The highest BCUT2D eigenvalue weighted by molar-refractivity contribution is 6.60. The van der Waals surface area contributed by atoms with E-state index in [2.05, 4.69) is 27.7 Å². The summed E-state index contributed by atoms with van der Waals surface area (Å²) >= 11 is 0. The first-order valence-electron chi connectivity index (χ1n) is 15.7. The van der Waals surface area contributed by atoms with Gasteiger partial charge >= 0.3 is 8.80 Å². The third-order valence-corrected chi connectivity index (χ3v) is 10.6. The van der Waals surface area contributed by atoms with Gasteiger partial charge in [0, 0.05) is 18.2 Å². The molecule has 0 aliphatic carbocycles. The molecule has 0 aromatic carbocycles. The van der Waals surface area contributed by atoms with Crippen LogP contribution in [0.5, 0.6) is 0 Å². The zero-order valence-corrected chi connectivity index (χ0v) is 26.4. The molecule has 37 heavy (non-hydrogen) atoms. The van der Waals surface area contributed by atoms with E-state index in [1.807, 2.05) is 6.92 Å². The number of aliphatic hydroxyl groups excluding tert-OH is 2. The number of hydrogen-bond acceptors (Lipinski definition) is 6. The van der Waals surface area contributed by atoms with E-state index in [0.29, 0.717) is 24.5 Å². The van der Waals surface area contributed by atoms with Crippen LogP contribution in [0.3, 0.4) is 0 Å². The zero-order valence-electron chi connectivity index (χ0n) is 25.4. The molecule has 0 aromatic heterocycles. The average molecular weight is 548 g/mol. The molecule has 0 aromatic rings. The Bertz CT molecular complexity index is 481. The van der Waals surface area contributed by atoms with Crippen molar-refractivity contribution in [3.63, 3.8) is 0 Å². The van der Waals surface area contributed by atoms with E-state index in [-0.39, 0.29) is 32.0 Å². The van der Waals surface area contributed by atoms with E-state index in [1.54, 1.807) is 0 Å². The number of unbranched alkanes of at least 4 members (excludes halogenated alkanes) is 13. The molecule has 7 heteroatoms. The van der Waals surface area contributed by atoms with Crippen LogP contribution in [0.1, 0.15) is 137 Å². The van der Waals surface area contributed by atoms with E-state index < -0.39 is 8.80 Å². The summed E-state index contributed by atoms with van der Waals surface area (Å²) in [6.45, 7) is 11.4. The fraction of sp³-hybridized carbons (Fsp3) is 1.00. The average Bonchev–Trinajstić information content (AvgIpc) is 2.85. The lowest BCUT2D eigenvalue weighted by Gasteiger charge is -2.35. The molecule has 0 saturated heterocycles. The largest absolute Gasteiger partial charge is 0.501 e. The molecule has 2 unspecified atom stereocenters. The first kappa shape index (κ1) is 37.0. The molecule has 0 fully saturated rings. The second-order valence-corrected chi connectivity index (χ2v) is 14.3. The van der Waals surface area contributed by atoms with Gasteiger partial charge in [0.15, 0.2) is 0 Å². The van der Waals surface area contributed by atoms with Crippen molar-refractivity contribution in [3.8, 4) is 0 Å². The topological polar surface area (TPSA) is 94.2 Å². The lowest BCUT2D eigenvalue weighted by Crippen LogP contribution is -2.49. The molecule has 0 radical (unpaired) electrons. The number of rotatable bonds is 28. The Morgan fingerprint density at radius 2 is 1.14 bits per heavy atom. The molecule has 0 bridgehead atoms. The van der Waals surface area contributed by atoms with Crippen molar-refractivity contribution in [2.75, 3.05) is 33.0 Å². The molecule has 0 aliphatic rings. The molecule has 6 nitrogen and oxygen atoms in total. The number of aliphatic hydroxyl groups is 2. The molecule has 0 aliphatic heterocycles. The van der Waals surface area contributed by atoms with Crippen molar-refractivity contribution in [3.05, 3.63) is 0 Å². The van der Waals surface area contributed by atoms with Crippen molar-refractivity contribution in [1.29, 1.82) is 0 Å². The van der Waals surface area contributed by atoms with Crippen LogP contribution in [0.15, 0.2) is 0 Å². The van der Waals surface area contributed by atoms with Gasteiger partial charge < -0.3 is 29.2 Å². The van der Waals surface area contributed by atoms with Gasteiger partial charge in [-0.15, -0.1) is 0 Å². The fourth-order valence-electron chi connectivity index (χ4n) is 5.30. The fourth-order valence-corrected chi connectivity index (χ4v) is 8.17. The van der Waals surface area contributed by atoms with Gasteiger partial charge in [-0.1, -0.05) is 104 Å². The predicted molar refractivity (Wildman–Crippen MR) is 159 cm³/mol. The van der Waals surface area contributed by atoms with Crippen LogP contribution in [-0.4, -0.2) is 57.6 Å². The van der Waals surface area contributed by atoms with Gasteiger partial charge in [0.05, 0.1) is 26.4 Å². The van der Waals surface area contributed by atoms with Crippen molar-refractivity contribution in [2.24, 2.45) is 17.6 Å². The van der Waals surface area contributed by atoms with E-state index in [0.717, 1.165) is 12.8 Å². The maximum atomic E-state index is 9.29. The molecule has 0 heterocycles. The summed E-state index contributed by atoms with van der Waals surface area (Å²) in [5, 5.41) is 18.6. The van der Waals surface area contributed by atoms with Gasteiger partial charge in [0.2, 0.25) is 0 Å². The second-order valence-electron chi connectivity index (χ2n) is 11.7. The Morgan fingerprint density at radius 3 is 1.51 bits per heavy atom. The van der Waals surface area contributed by atoms with Gasteiger partial charge in [-0.3, -0.25) is 0 Å².